The Morgan fingerprint density at radius 2 is 2.00 bits per heavy atom. The molecule has 0 saturated heterocycles. The van der Waals surface area contributed by atoms with E-state index in [1.54, 1.807) is 11.3 Å². The van der Waals surface area contributed by atoms with E-state index in [2.05, 4.69) is 34.6 Å². The van der Waals surface area contributed by atoms with Gasteiger partial charge in [-0.15, -0.1) is 11.3 Å². The van der Waals surface area contributed by atoms with Crippen LogP contribution in [0.3, 0.4) is 0 Å². The first-order chi connectivity index (χ1) is 10.8. The Bertz CT molecular complexity index is 807. The molecule has 0 saturated carbocycles. The maximum Gasteiger partial charge on any atom is 0.322 e. The summed E-state index contributed by atoms with van der Waals surface area (Å²) < 4.78 is 0. The number of rotatable bonds is 1. The molecule has 0 bridgehead atoms. The van der Waals surface area contributed by atoms with Gasteiger partial charge in [-0.05, 0) is 35.6 Å². The highest BCUT2D eigenvalue weighted by Crippen LogP contribution is 2.26. The lowest BCUT2D eigenvalue weighted by molar-refractivity contribution is 0.214. The van der Waals surface area contributed by atoms with Gasteiger partial charge < -0.3 is 9.88 Å². The molecule has 1 aliphatic heterocycles. The van der Waals surface area contributed by atoms with E-state index in [0.717, 1.165) is 30.9 Å². The van der Waals surface area contributed by atoms with Gasteiger partial charge in [-0.25, -0.2) is 4.79 Å². The lowest BCUT2D eigenvalue weighted by Gasteiger charge is -2.20. The molecule has 3 heterocycles. The smallest absolute Gasteiger partial charge is 0.322 e. The fourth-order valence-electron chi connectivity index (χ4n) is 3.10. The Hall–Kier alpha value is -2.27. The van der Waals surface area contributed by atoms with Crippen molar-refractivity contribution in [3.8, 4) is 0 Å². The van der Waals surface area contributed by atoms with Gasteiger partial charge in [0.15, 0.2) is 0 Å². The molecule has 2 N–H and O–H groups in total. The highest BCUT2D eigenvalue weighted by Gasteiger charge is 2.21. The first-order valence-electron chi connectivity index (χ1n) is 7.49. The third kappa shape index (κ3) is 2.37. The number of hydrogen-bond acceptors (Lipinski definition) is 2. The number of carbonyl (C=O) groups is 1. The number of hydrogen-bond donors (Lipinski definition) is 2. The van der Waals surface area contributed by atoms with Gasteiger partial charge in [0.1, 0.15) is 0 Å². The van der Waals surface area contributed by atoms with Crippen LogP contribution in [0, 0.1) is 0 Å². The molecule has 1 aromatic carbocycles. The topological polar surface area (TPSA) is 48.1 Å². The van der Waals surface area contributed by atoms with Crippen LogP contribution in [0.15, 0.2) is 41.8 Å². The molecular weight excluding hydrogens is 294 g/mol. The Morgan fingerprint density at radius 1 is 1.14 bits per heavy atom. The number of H-pyrrole nitrogens is 1. The van der Waals surface area contributed by atoms with E-state index in [0.29, 0.717) is 0 Å². The molecule has 5 heteroatoms. The van der Waals surface area contributed by atoms with Crippen molar-refractivity contribution in [2.75, 3.05) is 18.4 Å². The molecule has 0 radical (unpaired) electrons. The Morgan fingerprint density at radius 3 is 2.86 bits per heavy atom. The summed E-state index contributed by atoms with van der Waals surface area (Å²) in [7, 11) is 0. The number of benzene rings is 1. The summed E-state index contributed by atoms with van der Waals surface area (Å²) in [4.78, 5) is 17.8. The lowest BCUT2D eigenvalue weighted by atomic mass is 10.1. The summed E-state index contributed by atoms with van der Waals surface area (Å²) in [5, 5.41) is 7.13. The number of thiophene rings is 1. The Balaban J connectivity index is 1.52. The maximum absolute atomic E-state index is 12.4. The number of aromatic amines is 1. The number of para-hydroxylation sites is 1. The van der Waals surface area contributed by atoms with Crippen molar-refractivity contribution in [2.24, 2.45) is 0 Å². The molecule has 4 nitrogen and oxygen atoms in total. The highest BCUT2D eigenvalue weighted by atomic mass is 32.1. The summed E-state index contributed by atoms with van der Waals surface area (Å²) in [6, 6.07) is 12.3. The molecule has 0 unspecified atom stereocenters. The van der Waals surface area contributed by atoms with E-state index < -0.39 is 0 Å². The molecule has 22 heavy (non-hydrogen) atoms. The van der Waals surface area contributed by atoms with E-state index in [1.807, 2.05) is 22.4 Å². The van der Waals surface area contributed by atoms with Crippen molar-refractivity contribution in [1.82, 2.24) is 9.88 Å². The summed E-state index contributed by atoms with van der Waals surface area (Å²) in [5.74, 6) is 0. The molecule has 0 fully saturated rings. The van der Waals surface area contributed by atoms with Gasteiger partial charge in [-0.1, -0.05) is 18.2 Å². The predicted octanol–water partition coefficient (Wildman–Crippen LogP) is 3.86. The Kier molecular flexibility index (Phi) is 3.35. The van der Waals surface area contributed by atoms with Gasteiger partial charge in [-0.2, -0.15) is 0 Å². The van der Waals surface area contributed by atoms with Gasteiger partial charge in [0.25, 0.3) is 0 Å². The predicted molar refractivity (Wildman–Crippen MR) is 90.6 cm³/mol. The van der Waals surface area contributed by atoms with Gasteiger partial charge in [0.05, 0.1) is 5.00 Å². The first kappa shape index (κ1) is 13.4. The number of aromatic nitrogens is 1. The van der Waals surface area contributed by atoms with Crippen LogP contribution in [0.4, 0.5) is 9.80 Å². The number of nitrogens with one attached hydrogen (secondary N) is 2. The number of fused-ring (bicyclic) bond motifs is 3. The van der Waals surface area contributed by atoms with Gasteiger partial charge >= 0.3 is 6.03 Å². The van der Waals surface area contributed by atoms with Gasteiger partial charge in [-0.3, -0.25) is 5.32 Å². The van der Waals surface area contributed by atoms with E-state index in [4.69, 9.17) is 0 Å². The minimum Gasteiger partial charge on any atom is -0.358 e. The van der Waals surface area contributed by atoms with Crippen LogP contribution in [0.5, 0.6) is 0 Å². The minimum atomic E-state index is -0.00286. The quantitative estimate of drug-likeness (QED) is 0.704. The maximum atomic E-state index is 12.4. The zero-order valence-corrected chi connectivity index (χ0v) is 13.0. The summed E-state index contributed by atoms with van der Waals surface area (Å²) in [5.41, 5.74) is 3.83. The van der Waals surface area contributed by atoms with Crippen molar-refractivity contribution in [2.45, 2.75) is 12.8 Å². The normalized spacial score (nSPS) is 14.6. The fourth-order valence-corrected chi connectivity index (χ4v) is 3.70. The molecule has 0 atom stereocenters. The summed E-state index contributed by atoms with van der Waals surface area (Å²) in [6.45, 7) is 1.50. The van der Waals surface area contributed by atoms with Crippen LogP contribution in [0.2, 0.25) is 0 Å². The highest BCUT2D eigenvalue weighted by molar-refractivity contribution is 7.14. The molecule has 0 aliphatic carbocycles. The number of carbonyl (C=O) groups excluding carboxylic acids is 1. The van der Waals surface area contributed by atoms with E-state index >= 15 is 0 Å². The third-order valence-corrected chi connectivity index (χ3v) is 4.99. The summed E-state index contributed by atoms with van der Waals surface area (Å²) in [6.07, 6.45) is 1.78. The number of anilines is 1. The Labute approximate surface area is 132 Å². The SMILES string of the molecule is O=C(Nc1cccs1)N1CCc2[nH]c3ccccc3c2CC1. The van der Waals surface area contributed by atoms with Gasteiger partial charge in [0.2, 0.25) is 0 Å². The number of urea groups is 1. The van der Waals surface area contributed by atoms with E-state index in [-0.39, 0.29) is 6.03 Å². The van der Waals surface area contributed by atoms with Crippen LogP contribution >= 0.6 is 11.3 Å². The molecule has 3 aromatic rings. The van der Waals surface area contributed by atoms with Crippen LogP contribution in [-0.4, -0.2) is 29.0 Å². The average molecular weight is 311 g/mol. The molecular formula is C17H17N3OS. The van der Waals surface area contributed by atoms with E-state index in [9.17, 15) is 4.79 Å². The monoisotopic (exact) mass is 311 g/mol. The van der Waals surface area contributed by atoms with Crippen molar-refractivity contribution < 1.29 is 4.79 Å². The number of amides is 2. The molecule has 0 spiro atoms. The molecule has 2 aromatic heterocycles. The zero-order valence-electron chi connectivity index (χ0n) is 12.1. The van der Waals surface area contributed by atoms with E-state index in [1.165, 1.54) is 22.2 Å². The fraction of sp³-hybridized carbons (Fsp3) is 0.235. The summed E-state index contributed by atoms with van der Waals surface area (Å²) >= 11 is 1.55. The zero-order chi connectivity index (χ0) is 14.9. The first-order valence-corrected chi connectivity index (χ1v) is 8.37. The molecule has 2 amide bonds. The van der Waals surface area contributed by atoms with Crippen LogP contribution in [0.25, 0.3) is 10.9 Å². The number of nitrogens with zero attached hydrogens (tertiary/aromatic N) is 1. The van der Waals surface area contributed by atoms with Crippen molar-refractivity contribution in [3.05, 3.63) is 53.0 Å². The minimum absolute atomic E-state index is 0.00286. The second kappa shape index (κ2) is 5.50. The largest absolute Gasteiger partial charge is 0.358 e. The third-order valence-electron chi connectivity index (χ3n) is 4.20. The molecule has 4 rings (SSSR count). The van der Waals surface area contributed by atoms with Crippen LogP contribution in [-0.2, 0) is 12.8 Å². The van der Waals surface area contributed by atoms with Crippen LogP contribution in [0.1, 0.15) is 11.3 Å². The molecule has 1 aliphatic rings. The second-order valence-corrected chi connectivity index (χ2v) is 6.47. The molecule has 112 valence electrons. The van der Waals surface area contributed by atoms with Crippen molar-refractivity contribution in [3.63, 3.8) is 0 Å². The average Bonchev–Trinajstić information content (AvgIpc) is 3.10. The standard InChI is InChI=1S/C17H17N3OS/c21-17(19-16-6-3-11-22-16)20-9-7-13-12-4-1-2-5-14(12)18-15(13)8-10-20/h1-6,11,18H,7-10H2,(H,19,21). The van der Waals surface area contributed by atoms with Gasteiger partial charge in [0, 0.05) is 36.1 Å². The lowest BCUT2D eigenvalue weighted by Crippen LogP contribution is -2.36. The second-order valence-electron chi connectivity index (χ2n) is 5.52. The van der Waals surface area contributed by atoms with Crippen molar-refractivity contribution in [1.29, 1.82) is 0 Å². The van der Waals surface area contributed by atoms with Crippen molar-refractivity contribution >= 4 is 33.3 Å². The van der Waals surface area contributed by atoms with Crippen LogP contribution < -0.4 is 5.32 Å².